The van der Waals surface area contributed by atoms with Crippen LogP contribution in [0.4, 0.5) is 5.69 Å². The summed E-state index contributed by atoms with van der Waals surface area (Å²) in [7, 11) is 0. The summed E-state index contributed by atoms with van der Waals surface area (Å²) in [5.41, 5.74) is 3.82. The monoisotopic (exact) mass is 407 g/mol. The topological polar surface area (TPSA) is 70.6 Å². The maximum atomic E-state index is 11.8. The number of carbonyl (C=O) groups excluding carboxylic acids is 2. The van der Waals surface area contributed by atoms with Gasteiger partial charge in [-0.2, -0.15) is 5.10 Å². The molecule has 2 N–H and O–H groups in total. The second-order valence-electron chi connectivity index (χ2n) is 4.88. The number of rotatable bonds is 6. The molecule has 0 bridgehead atoms. The van der Waals surface area contributed by atoms with E-state index in [1.165, 1.54) is 6.21 Å². The smallest absolute Gasteiger partial charge is 0.240 e. The van der Waals surface area contributed by atoms with Crippen molar-refractivity contribution in [2.45, 2.75) is 12.8 Å². The van der Waals surface area contributed by atoms with E-state index < -0.39 is 0 Å². The number of hydrogen-bond donors (Lipinski definition) is 2. The molecule has 124 valence electrons. The molecule has 0 saturated heterocycles. The first-order chi connectivity index (χ1) is 11.5. The van der Waals surface area contributed by atoms with Crippen molar-refractivity contribution >= 4 is 51.2 Å². The highest BCUT2D eigenvalue weighted by Gasteiger charge is 2.08. The van der Waals surface area contributed by atoms with Crippen LogP contribution in [0.5, 0.6) is 0 Å². The van der Waals surface area contributed by atoms with Gasteiger partial charge in [-0.3, -0.25) is 9.59 Å². The van der Waals surface area contributed by atoms with Crippen LogP contribution in [-0.4, -0.2) is 18.0 Å². The Kier molecular flexibility index (Phi) is 6.96. The molecule has 0 spiro atoms. The molecule has 0 atom stereocenters. The number of carbonyl (C=O) groups is 2. The molecular formula is C17H15BrClN3O2. The van der Waals surface area contributed by atoms with Crippen LogP contribution in [0.15, 0.2) is 58.1 Å². The molecule has 0 aliphatic carbocycles. The van der Waals surface area contributed by atoms with Crippen LogP contribution in [0, 0.1) is 0 Å². The minimum absolute atomic E-state index is 0.0448. The summed E-state index contributed by atoms with van der Waals surface area (Å²) < 4.78 is 0.786. The van der Waals surface area contributed by atoms with Gasteiger partial charge in [0.25, 0.3) is 0 Å². The normalized spacial score (nSPS) is 10.6. The van der Waals surface area contributed by atoms with Crippen molar-refractivity contribution in [3.05, 3.63) is 63.6 Å². The lowest BCUT2D eigenvalue weighted by Crippen LogP contribution is -2.20. The van der Waals surface area contributed by atoms with Gasteiger partial charge in [0, 0.05) is 22.3 Å². The average molecular weight is 409 g/mol. The van der Waals surface area contributed by atoms with Gasteiger partial charge in [0.1, 0.15) is 0 Å². The Labute approximate surface area is 153 Å². The zero-order valence-corrected chi connectivity index (χ0v) is 15.0. The van der Waals surface area contributed by atoms with Gasteiger partial charge in [-0.25, -0.2) is 5.43 Å². The predicted octanol–water partition coefficient (Wildman–Crippen LogP) is 3.97. The second kappa shape index (κ2) is 9.20. The first-order valence-electron chi connectivity index (χ1n) is 7.16. The van der Waals surface area contributed by atoms with Crippen LogP contribution < -0.4 is 10.7 Å². The van der Waals surface area contributed by atoms with Crippen LogP contribution in [0.2, 0.25) is 5.02 Å². The van der Waals surface area contributed by atoms with E-state index in [9.17, 15) is 9.59 Å². The van der Waals surface area contributed by atoms with E-state index in [-0.39, 0.29) is 24.7 Å². The fraction of sp³-hybridized carbons (Fsp3) is 0.118. The van der Waals surface area contributed by atoms with Gasteiger partial charge in [0.15, 0.2) is 0 Å². The number of anilines is 1. The lowest BCUT2D eigenvalue weighted by molar-refractivity contribution is -0.124. The van der Waals surface area contributed by atoms with Gasteiger partial charge in [0.05, 0.1) is 11.9 Å². The van der Waals surface area contributed by atoms with Gasteiger partial charge in [-0.05, 0) is 45.8 Å². The summed E-state index contributed by atoms with van der Waals surface area (Å²) >= 11 is 9.20. The SMILES string of the molecule is O=C(CCC(=O)Nc1ccccc1Br)N/N=C\c1cccc(Cl)c1. The molecule has 24 heavy (non-hydrogen) atoms. The van der Waals surface area contributed by atoms with E-state index in [1.54, 1.807) is 24.3 Å². The highest BCUT2D eigenvalue weighted by Crippen LogP contribution is 2.21. The minimum Gasteiger partial charge on any atom is -0.325 e. The Morgan fingerprint density at radius 2 is 1.83 bits per heavy atom. The van der Waals surface area contributed by atoms with E-state index in [1.807, 2.05) is 24.3 Å². The van der Waals surface area contributed by atoms with Crippen molar-refractivity contribution in [1.82, 2.24) is 5.43 Å². The maximum Gasteiger partial charge on any atom is 0.240 e. The number of hydrazone groups is 1. The van der Waals surface area contributed by atoms with Crippen molar-refractivity contribution in [3.8, 4) is 0 Å². The molecule has 0 radical (unpaired) electrons. The number of amides is 2. The van der Waals surface area contributed by atoms with E-state index in [2.05, 4.69) is 31.8 Å². The number of para-hydroxylation sites is 1. The van der Waals surface area contributed by atoms with E-state index in [0.29, 0.717) is 10.7 Å². The Bertz CT molecular complexity index is 765. The Morgan fingerprint density at radius 3 is 2.58 bits per heavy atom. The van der Waals surface area contributed by atoms with Gasteiger partial charge < -0.3 is 5.32 Å². The third-order valence-electron chi connectivity index (χ3n) is 2.98. The molecule has 5 nitrogen and oxygen atoms in total. The molecule has 2 aromatic rings. The van der Waals surface area contributed by atoms with E-state index in [4.69, 9.17) is 11.6 Å². The third kappa shape index (κ3) is 6.14. The molecule has 2 aromatic carbocycles. The van der Waals surface area contributed by atoms with E-state index in [0.717, 1.165) is 10.0 Å². The molecule has 0 fully saturated rings. The molecule has 2 rings (SSSR count). The Morgan fingerprint density at radius 1 is 1.08 bits per heavy atom. The average Bonchev–Trinajstić information content (AvgIpc) is 2.55. The number of hydrogen-bond acceptors (Lipinski definition) is 3. The number of halogens is 2. The largest absolute Gasteiger partial charge is 0.325 e. The number of nitrogens with zero attached hydrogens (tertiary/aromatic N) is 1. The summed E-state index contributed by atoms with van der Waals surface area (Å²) in [4.78, 5) is 23.5. The summed E-state index contributed by atoms with van der Waals surface area (Å²) in [6.45, 7) is 0. The highest BCUT2D eigenvalue weighted by molar-refractivity contribution is 9.10. The van der Waals surface area contributed by atoms with Gasteiger partial charge in [-0.1, -0.05) is 35.9 Å². The lowest BCUT2D eigenvalue weighted by atomic mass is 10.2. The molecule has 0 aliphatic heterocycles. The van der Waals surface area contributed by atoms with Gasteiger partial charge in [-0.15, -0.1) is 0 Å². The first-order valence-corrected chi connectivity index (χ1v) is 8.33. The summed E-state index contributed by atoms with van der Waals surface area (Å²) in [5, 5.41) is 7.16. The van der Waals surface area contributed by atoms with Crippen LogP contribution in [0.1, 0.15) is 18.4 Å². The quantitative estimate of drug-likeness (QED) is 0.561. The second-order valence-corrected chi connectivity index (χ2v) is 6.17. The summed E-state index contributed by atoms with van der Waals surface area (Å²) in [6, 6.07) is 14.3. The van der Waals surface area contributed by atoms with Crippen molar-refractivity contribution in [2.75, 3.05) is 5.32 Å². The molecule has 0 aromatic heterocycles. The first kappa shape index (κ1) is 18.2. The van der Waals surface area contributed by atoms with Crippen molar-refractivity contribution < 1.29 is 9.59 Å². The molecule has 0 unspecified atom stereocenters. The highest BCUT2D eigenvalue weighted by atomic mass is 79.9. The minimum atomic E-state index is -0.337. The van der Waals surface area contributed by atoms with Crippen LogP contribution >= 0.6 is 27.5 Å². The molecule has 7 heteroatoms. The van der Waals surface area contributed by atoms with Crippen molar-refractivity contribution in [2.24, 2.45) is 5.10 Å². The van der Waals surface area contributed by atoms with Crippen LogP contribution in [-0.2, 0) is 9.59 Å². The number of nitrogens with one attached hydrogen (secondary N) is 2. The maximum absolute atomic E-state index is 11.8. The zero-order chi connectivity index (χ0) is 17.4. The van der Waals surface area contributed by atoms with Gasteiger partial charge >= 0.3 is 0 Å². The fourth-order valence-electron chi connectivity index (χ4n) is 1.82. The summed E-state index contributed by atoms with van der Waals surface area (Å²) in [6.07, 6.45) is 1.61. The molecule has 0 heterocycles. The van der Waals surface area contributed by atoms with Crippen LogP contribution in [0.3, 0.4) is 0 Å². The van der Waals surface area contributed by atoms with E-state index >= 15 is 0 Å². The third-order valence-corrected chi connectivity index (χ3v) is 3.91. The van der Waals surface area contributed by atoms with Gasteiger partial charge in [0.2, 0.25) is 11.8 Å². The van der Waals surface area contributed by atoms with Crippen LogP contribution in [0.25, 0.3) is 0 Å². The Balaban J connectivity index is 1.75. The molecule has 0 aliphatic rings. The Hall–Kier alpha value is -2.18. The van der Waals surface area contributed by atoms with Crippen molar-refractivity contribution in [3.63, 3.8) is 0 Å². The molecule has 0 saturated carbocycles. The zero-order valence-electron chi connectivity index (χ0n) is 12.6. The van der Waals surface area contributed by atoms with Crippen molar-refractivity contribution in [1.29, 1.82) is 0 Å². The number of benzene rings is 2. The lowest BCUT2D eigenvalue weighted by Gasteiger charge is -2.06. The molecular weight excluding hydrogens is 394 g/mol. The fourth-order valence-corrected chi connectivity index (χ4v) is 2.41. The molecule has 2 amide bonds. The predicted molar refractivity (Wildman–Crippen MR) is 99.2 cm³/mol. The summed E-state index contributed by atoms with van der Waals surface area (Å²) in [5.74, 6) is -0.577. The standard InChI is InChI=1S/C17H15BrClN3O2/c18-14-6-1-2-7-15(14)21-16(23)8-9-17(24)22-20-11-12-4-3-5-13(19)10-12/h1-7,10-11H,8-9H2,(H,21,23)(H,22,24)/b20-11-.